The highest BCUT2D eigenvalue weighted by molar-refractivity contribution is 9.09. The molecule has 0 N–H and O–H groups in total. The van der Waals surface area contributed by atoms with Gasteiger partial charge in [-0.2, -0.15) is 0 Å². The van der Waals surface area contributed by atoms with Gasteiger partial charge < -0.3 is 0 Å². The van der Waals surface area contributed by atoms with Crippen molar-refractivity contribution in [2.75, 3.05) is 5.33 Å². The summed E-state index contributed by atoms with van der Waals surface area (Å²) in [7, 11) is 0. The quantitative estimate of drug-likeness (QED) is 0.770. The molecule has 0 radical (unpaired) electrons. The number of hydrogen-bond acceptors (Lipinski definition) is 3. The van der Waals surface area contributed by atoms with Gasteiger partial charge in [0.2, 0.25) is 0 Å². The monoisotopic (exact) mass is 248 g/mol. The lowest BCUT2D eigenvalue weighted by molar-refractivity contribution is 0.427. The van der Waals surface area contributed by atoms with Crippen LogP contribution in [0.25, 0.3) is 0 Å². The maximum atomic E-state index is 3.99. The highest BCUT2D eigenvalue weighted by Crippen LogP contribution is 2.26. The minimum atomic E-state index is 0.305. The van der Waals surface area contributed by atoms with Gasteiger partial charge in [-0.15, -0.1) is 5.10 Å². The van der Waals surface area contributed by atoms with E-state index in [0.29, 0.717) is 5.41 Å². The lowest BCUT2D eigenvalue weighted by Crippen LogP contribution is -2.16. The number of aryl methyl sites for hydroxylation is 1. The molecule has 0 unspecified atom stereocenters. The lowest BCUT2D eigenvalue weighted by atomic mass is 9.91. The summed E-state index contributed by atoms with van der Waals surface area (Å²) in [6.07, 6.45) is 1.06. The van der Waals surface area contributed by atoms with Crippen LogP contribution in [0.5, 0.6) is 0 Å². The molecule has 0 aliphatic carbocycles. The van der Waals surface area contributed by atoms with Crippen molar-refractivity contribution in [3.63, 3.8) is 0 Å². The molecule has 0 spiro atoms. The fraction of sp³-hybridized carbons (Fsp3) is 0.750. The standard InChI is InChI=1S/C8H13BrN2S/c1-6-7(12-11-10-6)4-8(2,3)5-9/h4-5H2,1-3H3. The molecule has 0 saturated carbocycles. The van der Waals surface area contributed by atoms with Crippen LogP contribution >= 0.6 is 27.5 Å². The first-order valence-corrected chi connectivity index (χ1v) is 5.78. The molecule has 0 amide bonds. The maximum absolute atomic E-state index is 3.99. The average Bonchev–Trinajstić information content (AvgIpc) is 2.36. The summed E-state index contributed by atoms with van der Waals surface area (Å²) in [6, 6.07) is 0. The van der Waals surface area contributed by atoms with Crippen LogP contribution in [0, 0.1) is 12.3 Å². The van der Waals surface area contributed by atoms with E-state index in [1.165, 1.54) is 16.4 Å². The minimum absolute atomic E-state index is 0.305. The molecule has 1 aromatic heterocycles. The molecule has 2 nitrogen and oxygen atoms in total. The first-order chi connectivity index (χ1) is 5.55. The van der Waals surface area contributed by atoms with Crippen molar-refractivity contribution in [1.82, 2.24) is 9.59 Å². The normalized spacial score (nSPS) is 12.0. The molecular weight excluding hydrogens is 236 g/mol. The Morgan fingerprint density at radius 1 is 1.50 bits per heavy atom. The summed E-state index contributed by atoms with van der Waals surface area (Å²) in [4.78, 5) is 1.31. The predicted molar refractivity (Wildman–Crippen MR) is 55.9 cm³/mol. The summed E-state index contributed by atoms with van der Waals surface area (Å²) in [6.45, 7) is 6.49. The van der Waals surface area contributed by atoms with Crippen LogP contribution in [-0.4, -0.2) is 14.9 Å². The van der Waals surface area contributed by atoms with Crippen molar-refractivity contribution in [2.24, 2.45) is 5.41 Å². The average molecular weight is 249 g/mol. The summed E-state index contributed by atoms with van der Waals surface area (Å²) in [5, 5.41) is 5.00. The van der Waals surface area contributed by atoms with Crippen molar-refractivity contribution in [3.05, 3.63) is 10.6 Å². The van der Waals surface area contributed by atoms with Gasteiger partial charge in [-0.1, -0.05) is 34.3 Å². The molecule has 1 aromatic rings. The van der Waals surface area contributed by atoms with E-state index >= 15 is 0 Å². The summed E-state index contributed by atoms with van der Waals surface area (Å²) >= 11 is 5.01. The van der Waals surface area contributed by atoms with Crippen molar-refractivity contribution >= 4 is 27.5 Å². The van der Waals surface area contributed by atoms with E-state index in [4.69, 9.17) is 0 Å². The zero-order valence-corrected chi connectivity index (χ0v) is 10.00. The second kappa shape index (κ2) is 3.83. The predicted octanol–water partition coefficient (Wildman–Crippen LogP) is 2.81. The fourth-order valence-corrected chi connectivity index (χ4v) is 1.98. The Bertz CT molecular complexity index is 257. The Kier molecular flexibility index (Phi) is 3.23. The zero-order chi connectivity index (χ0) is 9.19. The van der Waals surface area contributed by atoms with Crippen LogP contribution in [0.15, 0.2) is 0 Å². The van der Waals surface area contributed by atoms with Crippen LogP contribution in [0.3, 0.4) is 0 Å². The lowest BCUT2D eigenvalue weighted by Gasteiger charge is -2.19. The summed E-state index contributed by atoms with van der Waals surface area (Å²) in [5.74, 6) is 0. The van der Waals surface area contributed by atoms with Gasteiger partial charge in [0.1, 0.15) is 0 Å². The fourth-order valence-electron chi connectivity index (χ4n) is 0.895. The smallest absolute Gasteiger partial charge is 0.0756 e. The van der Waals surface area contributed by atoms with E-state index < -0.39 is 0 Å². The van der Waals surface area contributed by atoms with E-state index in [0.717, 1.165) is 17.4 Å². The molecule has 4 heteroatoms. The van der Waals surface area contributed by atoms with Crippen molar-refractivity contribution in [3.8, 4) is 0 Å². The van der Waals surface area contributed by atoms with Gasteiger partial charge in [0, 0.05) is 10.2 Å². The first kappa shape index (κ1) is 10.1. The van der Waals surface area contributed by atoms with E-state index in [1.54, 1.807) is 0 Å². The largest absolute Gasteiger partial charge is 0.143 e. The van der Waals surface area contributed by atoms with Crippen LogP contribution in [0.1, 0.15) is 24.4 Å². The molecule has 12 heavy (non-hydrogen) atoms. The molecule has 0 bridgehead atoms. The van der Waals surface area contributed by atoms with Gasteiger partial charge in [-0.05, 0) is 30.3 Å². The Morgan fingerprint density at radius 3 is 2.58 bits per heavy atom. The molecule has 1 rings (SSSR count). The van der Waals surface area contributed by atoms with Gasteiger partial charge in [-0.3, -0.25) is 0 Å². The van der Waals surface area contributed by atoms with Crippen LogP contribution in [-0.2, 0) is 6.42 Å². The third kappa shape index (κ3) is 2.52. The number of alkyl halides is 1. The number of aromatic nitrogens is 2. The second-order valence-corrected chi connectivity index (χ2v) is 5.16. The molecule has 0 fully saturated rings. The number of nitrogens with zero attached hydrogens (tertiary/aromatic N) is 2. The number of hydrogen-bond donors (Lipinski definition) is 0. The second-order valence-electron chi connectivity index (χ2n) is 3.76. The maximum Gasteiger partial charge on any atom is 0.0756 e. The Morgan fingerprint density at radius 2 is 2.17 bits per heavy atom. The zero-order valence-electron chi connectivity index (χ0n) is 7.59. The third-order valence-electron chi connectivity index (χ3n) is 1.75. The Labute approximate surface area is 85.7 Å². The highest BCUT2D eigenvalue weighted by Gasteiger charge is 2.19. The summed E-state index contributed by atoms with van der Waals surface area (Å²) in [5.41, 5.74) is 1.38. The van der Waals surface area contributed by atoms with Crippen molar-refractivity contribution in [2.45, 2.75) is 27.2 Å². The van der Waals surface area contributed by atoms with Gasteiger partial charge in [0.05, 0.1) is 5.69 Å². The Hall–Kier alpha value is 0.0400. The van der Waals surface area contributed by atoms with Gasteiger partial charge in [-0.25, -0.2) is 0 Å². The van der Waals surface area contributed by atoms with Crippen molar-refractivity contribution < 1.29 is 0 Å². The molecule has 0 saturated heterocycles. The first-order valence-electron chi connectivity index (χ1n) is 3.89. The van der Waals surface area contributed by atoms with E-state index in [2.05, 4.69) is 39.4 Å². The van der Waals surface area contributed by atoms with Gasteiger partial charge in [0.25, 0.3) is 0 Å². The topological polar surface area (TPSA) is 25.8 Å². The van der Waals surface area contributed by atoms with E-state index in [-0.39, 0.29) is 0 Å². The molecule has 0 aromatic carbocycles. The minimum Gasteiger partial charge on any atom is -0.143 e. The highest BCUT2D eigenvalue weighted by atomic mass is 79.9. The third-order valence-corrected chi connectivity index (χ3v) is 4.09. The SMILES string of the molecule is Cc1nnsc1CC(C)(C)CBr. The van der Waals surface area contributed by atoms with Crippen LogP contribution in [0.4, 0.5) is 0 Å². The van der Waals surface area contributed by atoms with Gasteiger partial charge in [0.15, 0.2) is 0 Å². The van der Waals surface area contributed by atoms with Gasteiger partial charge >= 0.3 is 0 Å². The molecule has 68 valence electrons. The van der Waals surface area contributed by atoms with Crippen LogP contribution < -0.4 is 0 Å². The van der Waals surface area contributed by atoms with Crippen LogP contribution in [0.2, 0.25) is 0 Å². The van der Waals surface area contributed by atoms with E-state index in [1.807, 2.05) is 6.92 Å². The molecular formula is C8H13BrN2S. The Balaban J connectivity index is 2.70. The molecule has 0 atom stereocenters. The summed E-state index contributed by atoms with van der Waals surface area (Å²) < 4.78 is 3.92. The number of rotatable bonds is 3. The molecule has 1 heterocycles. The molecule has 0 aliphatic rings. The molecule has 0 aliphatic heterocycles. The number of halogens is 1. The van der Waals surface area contributed by atoms with E-state index in [9.17, 15) is 0 Å². The van der Waals surface area contributed by atoms with Crippen molar-refractivity contribution in [1.29, 1.82) is 0 Å².